The fourth-order valence-electron chi connectivity index (χ4n) is 1.03. The van der Waals surface area contributed by atoms with Crippen LogP contribution in [0.2, 0.25) is 0 Å². The molecule has 1 rings (SSSR count). The Balaban J connectivity index is 2.30. The van der Waals surface area contributed by atoms with Gasteiger partial charge >= 0.3 is 0 Å². The zero-order chi connectivity index (χ0) is 10.2. The number of hydrogen-bond acceptors (Lipinski definition) is 3. The van der Waals surface area contributed by atoms with Gasteiger partial charge in [0, 0.05) is 0 Å². The molecule has 74 valence electrons. The van der Waals surface area contributed by atoms with Gasteiger partial charge in [0.15, 0.2) is 0 Å². The molecular formula is C11H13NO2. The third-order valence-corrected chi connectivity index (χ3v) is 1.79. The van der Waals surface area contributed by atoms with Gasteiger partial charge in [-0.05, 0) is 12.5 Å². The molecule has 0 saturated heterocycles. The summed E-state index contributed by atoms with van der Waals surface area (Å²) >= 11 is 0. The van der Waals surface area contributed by atoms with Gasteiger partial charge in [0.05, 0.1) is 19.3 Å². The second kappa shape index (κ2) is 6.08. The molecule has 0 bridgehead atoms. The van der Waals surface area contributed by atoms with E-state index in [-0.39, 0.29) is 6.10 Å². The molecule has 0 radical (unpaired) electrons. The Labute approximate surface area is 83.4 Å². The highest BCUT2D eigenvalue weighted by molar-refractivity contribution is 5.32. The van der Waals surface area contributed by atoms with Gasteiger partial charge in [0.2, 0.25) is 6.08 Å². The Morgan fingerprint density at radius 2 is 2.14 bits per heavy atom. The molecular weight excluding hydrogens is 178 g/mol. The zero-order valence-electron chi connectivity index (χ0n) is 8.14. The number of aliphatic imine (C=N–C) groups is 1. The van der Waals surface area contributed by atoms with Crippen LogP contribution in [0, 0.1) is 0 Å². The number of rotatable bonds is 5. The summed E-state index contributed by atoms with van der Waals surface area (Å²) in [6, 6.07) is 9.88. The molecule has 0 amide bonds. The first-order chi connectivity index (χ1) is 6.83. The standard InChI is InChI=1S/C11H13NO2/c1-10(7-12-9-13)14-8-11-5-3-2-4-6-11/h2-6,10H,7-8H2,1H3. The normalized spacial score (nSPS) is 11.8. The van der Waals surface area contributed by atoms with Crippen molar-refractivity contribution in [2.75, 3.05) is 6.54 Å². The van der Waals surface area contributed by atoms with Crippen molar-refractivity contribution in [3.05, 3.63) is 35.9 Å². The largest absolute Gasteiger partial charge is 0.372 e. The summed E-state index contributed by atoms with van der Waals surface area (Å²) in [5.41, 5.74) is 1.12. The van der Waals surface area contributed by atoms with Crippen LogP contribution in [0.3, 0.4) is 0 Å². The summed E-state index contributed by atoms with van der Waals surface area (Å²) < 4.78 is 5.46. The second-order valence-electron chi connectivity index (χ2n) is 3.04. The van der Waals surface area contributed by atoms with Gasteiger partial charge in [-0.2, -0.15) is 0 Å². The van der Waals surface area contributed by atoms with Crippen LogP contribution in [0.4, 0.5) is 0 Å². The van der Waals surface area contributed by atoms with Gasteiger partial charge in [-0.15, -0.1) is 0 Å². The minimum absolute atomic E-state index is 0.0448. The molecule has 1 aromatic rings. The Morgan fingerprint density at radius 3 is 2.79 bits per heavy atom. The molecule has 14 heavy (non-hydrogen) atoms. The van der Waals surface area contributed by atoms with E-state index in [1.165, 1.54) is 6.08 Å². The van der Waals surface area contributed by atoms with Gasteiger partial charge in [-0.3, -0.25) is 0 Å². The summed E-state index contributed by atoms with van der Waals surface area (Å²) in [7, 11) is 0. The van der Waals surface area contributed by atoms with E-state index in [9.17, 15) is 4.79 Å². The van der Waals surface area contributed by atoms with Gasteiger partial charge in [0.25, 0.3) is 0 Å². The predicted octanol–water partition coefficient (Wildman–Crippen LogP) is 1.93. The molecule has 1 aromatic carbocycles. The predicted molar refractivity (Wildman–Crippen MR) is 53.7 cm³/mol. The van der Waals surface area contributed by atoms with Crippen LogP contribution in [0.15, 0.2) is 35.3 Å². The molecule has 0 aliphatic carbocycles. The van der Waals surface area contributed by atoms with E-state index in [1.807, 2.05) is 37.3 Å². The molecule has 3 heteroatoms. The van der Waals surface area contributed by atoms with Crippen LogP contribution in [-0.4, -0.2) is 18.7 Å². The lowest BCUT2D eigenvalue weighted by molar-refractivity contribution is 0.0593. The van der Waals surface area contributed by atoms with Gasteiger partial charge in [-0.25, -0.2) is 9.79 Å². The molecule has 0 aliphatic rings. The van der Waals surface area contributed by atoms with Crippen LogP contribution in [0.25, 0.3) is 0 Å². The van der Waals surface area contributed by atoms with Crippen LogP contribution in [-0.2, 0) is 16.1 Å². The number of carbonyl (C=O) groups excluding carboxylic acids is 1. The smallest absolute Gasteiger partial charge is 0.235 e. The van der Waals surface area contributed by atoms with E-state index in [0.29, 0.717) is 13.2 Å². The summed E-state index contributed by atoms with van der Waals surface area (Å²) in [5.74, 6) is 0. The van der Waals surface area contributed by atoms with E-state index >= 15 is 0 Å². The van der Waals surface area contributed by atoms with Crippen molar-refractivity contribution >= 4 is 6.08 Å². The van der Waals surface area contributed by atoms with E-state index in [2.05, 4.69) is 4.99 Å². The quantitative estimate of drug-likeness (QED) is 0.527. The van der Waals surface area contributed by atoms with E-state index in [1.54, 1.807) is 0 Å². The van der Waals surface area contributed by atoms with Gasteiger partial charge in [0.1, 0.15) is 0 Å². The Kier molecular flexibility index (Phi) is 4.62. The van der Waals surface area contributed by atoms with Crippen molar-refractivity contribution in [3.8, 4) is 0 Å². The van der Waals surface area contributed by atoms with E-state index in [4.69, 9.17) is 4.74 Å². The Bertz CT molecular complexity index is 304. The first kappa shape index (κ1) is 10.6. The van der Waals surface area contributed by atoms with Crippen molar-refractivity contribution in [1.82, 2.24) is 0 Å². The first-order valence-corrected chi connectivity index (χ1v) is 4.52. The van der Waals surface area contributed by atoms with Crippen molar-refractivity contribution in [2.24, 2.45) is 4.99 Å². The second-order valence-corrected chi connectivity index (χ2v) is 3.04. The third-order valence-electron chi connectivity index (χ3n) is 1.79. The van der Waals surface area contributed by atoms with E-state index in [0.717, 1.165) is 5.56 Å². The fraction of sp³-hybridized carbons (Fsp3) is 0.364. The molecule has 0 saturated carbocycles. The van der Waals surface area contributed by atoms with Crippen molar-refractivity contribution in [2.45, 2.75) is 19.6 Å². The topological polar surface area (TPSA) is 38.7 Å². The lowest BCUT2D eigenvalue weighted by atomic mass is 10.2. The third kappa shape index (κ3) is 3.99. The number of hydrogen-bond donors (Lipinski definition) is 0. The molecule has 0 spiro atoms. The van der Waals surface area contributed by atoms with Crippen molar-refractivity contribution < 1.29 is 9.53 Å². The fourth-order valence-corrected chi connectivity index (χ4v) is 1.03. The van der Waals surface area contributed by atoms with Crippen molar-refractivity contribution in [3.63, 3.8) is 0 Å². The molecule has 0 aliphatic heterocycles. The highest BCUT2D eigenvalue weighted by atomic mass is 16.5. The van der Waals surface area contributed by atoms with Crippen LogP contribution in [0.5, 0.6) is 0 Å². The number of nitrogens with zero attached hydrogens (tertiary/aromatic N) is 1. The summed E-state index contributed by atoms with van der Waals surface area (Å²) in [5, 5.41) is 0. The highest BCUT2D eigenvalue weighted by Gasteiger charge is 2.00. The van der Waals surface area contributed by atoms with Crippen molar-refractivity contribution in [1.29, 1.82) is 0 Å². The lowest BCUT2D eigenvalue weighted by Crippen LogP contribution is -2.11. The highest BCUT2D eigenvalue weighted by Crippen LogP contribution is 2.03. The average Bonchev–Trinajstić information content (AvgIpc) is 2.25. The first-order valence-electron chi connectivity index (χ1n) is 4.52. The van der Waals surface area contributed by atoms with E-state index < -0.39 is 0 Å². The maximum absolute atomic E-state index is 9.84. The van der Waals surface area contributed by atoms with Gasteiger partial charge in [-0.1, -0.05) is 30.3 Å². The summed E-state index contributed by atoms with van der Waals surface area (Å²) in [4.78, 5) is 13.3. The molecule has 0 aromatic heterocycles. The lowest BCUT2D eigenvalue weighted by Gasteiger charge is -2.09. The molecule has 0 heterocycles. The average molecular weight is 191 g/mol. The molecule has 1 atom stereocenters. The maximum atomic E-state index is 9.84. The van der Waals surface area contributed by atoms with Gasteiger partial charge < -0.3 is 4.74 Å². The van der Waals surface area contributed by atoms with Crippen LogP contribution < -0.4 is 0 Å². The molecule has 1 unspecified atom stereocenters. The monoisotopic (exact) mass is 191 g/mol. The van der Waals surface area contributed by atoms with Crippen LogP contribution >= 0.6 is 0 Å². The molecule has 3 nitrogen and oxygen atoms in total. The summed E-state index contributed by atoms with van der Waals surface area (Å²) in [6.45, 7) is 2.80. The number of ether oxygens (including phenoxy) is 1. The molecule has 0 fully saturated rings. The van der Waals surface area contributed by atoms with Crippen LogP contribution in [0.1, 0.15) is 12.5 Å². The summed E-state index contributed by atoms with van der Waals surface area (Å²) in [6.07, 6.45) is 1.45. The molecule has 0 N–H and O–H groups in total. The Hall–Kier alpha value is -1.44. The minimum Gasteiger partial charge on any atom is -0.372 e. The number of isocyanates is 1. The minimum atomic E-state index is -0.0448. The SMILES string of the molecule is CC(CN=C=O)OCc1ccccc1. The zero-order valence-corrected chi connectivity index (χ0v) is 8.14. The maximum Gasteiger partial charge on any atom is 0.235 e. The number of benzene rings is 1. The Morgan fingerprint density at radius 1 is 1.43 bits per heavy atom.